The lowest BCUT2D eigenvalue weighted by molar-refractivity contribution is 0.00621. The van der Waals surface area contributed by atoms with E-state index >= 15 is 0 Å². The van der Waals surface area contributed by atoms with Crippen molar-refractivity contribution in [1.82, 2.24) is 0 Å². The Morgan fingerprint density at radius 3 is 2.27 bits per heavy atom. The molecule has 0 amide bonds. The van der Waals surface area contributed by atoms with Gasteiger partial charge in [0.05, 0.1) is 12.5 Å². The molecule has 0 bridgehead atoms. The summed E-state index contributed by atoms with van der Waals surface area (Å²) in [4.78, 5) is 0. The third-order valence-electron chi connectivity index (χ3n) is 6.16. The first-order valence-electron chi connectivity index (χ1n) is 10.4. The molecule has 0 saturated carbocycles. The number of phenolic OH excluding ortho intramolecular Hbond substituents is 6. The molecule has 2 aliphatic heterocycles. The fourth-order valence-corrected chi connectivity index (χ4v) is 4.68. The lowest BCUT2D eigenvalue weighted by Gasteiger charge is -2.39. The van der Waals surface area contributed by atoms with Crippen molar-refractivity contribution in [1.29, 1.82) is 0 Å². The number of rotatable bonds is 2. The fourth-order valence-electron chi connectivity index (χ4n) is 4.68. The number of fused-ring (bicyclic) bond motifs is 2. The molecule has 0 spiro atoms. The molecule has 0 saturated heterocycles. The minimum atomic E-state index is -1.40. The van der Waals surface area contributed by atoms with Crippen LogP contribution < -0.4 is 9.47 Å². The van der Waals surface area contributed by atoms with Crippen molar-refractivity contribution in [3.05, 3.63) is 58.7 Å². The summed E-state index contributed by atoms with van der Waals surface area (Å²) in [6, 6.07) is 7.47. The SMILES string of the molecule is Oc1cc(O)c2c(c1)OC(c1ccc(O)c(O)c1)C(O)C2c1c(O)cc(O)c2c1OCCC2. The van der Waals surface area contributed by atoms with E-state index in [0.29, 0.717) is 30.6 Å². The monoisotopic (exact) mass is 454 g/mol. The number of hydrogen-bond acceptors (Lipinski definition) is 9. The van der Waals surface area contributed by atoms with Crippen molar-refractivity contribution in [3.8, 4) is 46.0 Å². The topological polar surface area (TPSA) is 160 Å². The van der Waals surface area contributed by atoms with Gasteiger partial charge in [0.15, 0.2) is 17.6 Å². The maximum Gasteiger partial charge on any atom is 0.157 e. The minimum Gasteiger partial charge on any atom is -0.508 e. The van der Waals surface area contributed by atoms with Gasteiger partial charge in [-0.15, -0.1) is 0 Å². The van der Waals surface area contributed by atoms with E-state index in [0.717, 1.165) is 6.07 Å². The zero-order chi connectivity index (χ0) is 23.4. The van der Waals surface area contributed by atoms with Crippen LogP contribution in [0.2, 0.25) is 0 Å². The number of benzene rings is 3. The normalized spacial score (nSPS) is 21.4. The first kappa shape index (κ1) is 20.9. The standard InChI is InChI=1S/C24H22O9/c25-11-7-16(29)19-18(8-11)33-23(10-3-4-13(26)15(28)6-10)22(31)21(19)20-17(30)9-14(27)12-2-1-5-32-24(12)20/h3-4,6-9,21-23,25-31H,1-2,5H2. The van der Waals surface area contributed by atoms with Gasteiger partial charge < -0.3 is 45.2 Å². The Balaban J connectivity index is 1.75. The average molecular weight is 454 g/mol. The number of aliphatic hydroxyl groups is 1. The van der Waals surface area contributed by atoms with E-state index in [1.165, 1.54) is 30.3 Å². The smallest absolute Gasteiger partial charge is 0.157 e. The van der Waals surface area contributed by atoms with Gasteiger partial charge in [-0.3, -0.25) is 0 Å². The second-order valence-electron chi connectivity index (χ2n) is 8.22. The molecule has 0 aliphatic carbocycles. The lowest BCUT2D eigenvalue weighted by atomic mass is 9.78. The molecule has 5 rings (SSSR count). The Kier molecular flexibility index (Phi) is 4.79. The molecule has 33 heavy (non-hydrogen) atoms. The molecule has 3 atom stereocenters. The first-order valence-corrected chi connectivity index (χ1v) is 10.4. The Morgan fingerprint density at radius 2 is 1.52 bits per heavy atom. The Morgan fingerprint density at radius 1 is 0.758 bits per heavy atom. The molecule has 9 nitrogen and oxygen atoms in total. The third-order valence-corrected chi connectivity index (χ3v) is 6.16. The van der Waals surface area contributed by atoms with Crippen molar-refractivity contribution < 1.29 is 45.2 Å². The second-order valence-corrected chi connectivity index (χ2v) is 8.22. The Hall–Kier alpha value is -3.98. The van der Waals surface area contributed by atoms with Crippen LogP contribution >= 0.6 is 0 Å². The first-order chi connectivity index (χ1) is 15.8. The van der Waals surface area contributed by atoms with Gasteiger partial charge >= 0.3 is 0 Å². The molecule has 172 valence electrons. The quantitative estimate of drug-likeness (QED) is 0.289. The summed E-state index contributed by atoms with van der Waals surface area (Å²) in [5.41, 5.74) is 1.07. The van der Waals surface area contributed by atoms with Gasteiger partial charge in [0.1, 0.15) is 40.6 Å². The summed E-state index contributed by atoms with van der Waals surface area (Å²) in [5, 5.41) is 73.0. The molecule has 3 unspecified atom stereocenters. The average Bonchev–Trinajstić information content (AvgIpc) is 2.77. The largest absolute Gasteiger partial charge is 0.508 e. The summed E-state index contributed by atoms with van der Waals surface area (Å²) < 4.78 is 11.7. The van der Waals surface area contributed by atoms with Crippen molar-refractivity contribution in [3.63, 3.8) is 0 Å². The molecular weight excluding hydrogens is 432 g/mol. The van der Waals surface area contributed by atoms with Crippen LogP contribution in [0.15, 0.2) is 36.4 Å². The third kappa shape index (κ3) is 3.28. The molecule has 2 aliphatic rings. The van der Waals surface area contributed by atoms with Crippen LogP contribution in [0.4, 0.5) is 0 Å². The van der Waals surface area contributed by atoms with Crippen LogP contribution in [0.25, 0.3) is 0 Å². The predicted octanol–water partition coefficient (Wildman–Crippen LogP) is 2.87. The summed E-state index contributed by atoms with van der Waals surface area (Å²) in [5.74, 6) is -2.70. The van der Waals surface area contributed by atoms with Crippen LogP contribution in [-0.4, -0.2) is 48.5 Å². The zero-order valence-electron chi connectivity index (χ0n) is 17.3. The lowest BCUT2D eigenvalue weighted by Crippen LogP contribution is -2.35. The molecule has 7 N–H and O–H groups in total. The number of hydrogen-bond donors (Lipinski definition) is 7. The van der Waals surface area contributed by atoms with Gasteiger partial charge in [0.25, 0.3) is 0 Å². The summed E-state index contributed by atoms with van der Waals surface area (Å²) >= 11 is 0. The van der Waals surface area contributed by atoms with Crippen molar-refractivity contribution >= 4 is 0 Å². The van der Waals surface area contributed by atoms with Gasteiger partial charge in [0, 0.05) is 34.9 Å². The molecule has 0 aromatic heterocycles. The molecule has 3 aromatic rings. The summed E-state index contributed by atoms with van der Waals surface area (Å²) in [6.45, 7) is 0.339. The number of aromatic hydroxyl groups is 6. The molecule has 2 heterocycles. The maximum absolute atomic E-state index is 11.5. The maximum atomic E-state index is 11.5. The van der Waals surface area contributed by atoms with E-state index in [-0.39, 0.29) is 51.4 Å². The Bertz CT molecular complexity index is 1250. The number of ether oxygens (including phenoxy) is 2. The van der Waals surface area contributed by atoms with Crippen LogP contribution in [-0.2, 0) is 6.42 Å². The van der Waals surface area contributed by atoms with E-state index < -0.39 is 23.9 Å². The molecule has 9 heteroatoms. The van der Waals surface area contributed by atoms with Crippen LogP contribution in [0.5, 0.6) is 46.0 Å². The van der Waals surface area contributed by atoms with Crippen LogP contribution in [0, 0.1) is 0 Å². The highest BCUT2D eigenvalue weighted by Gasteiger charge is 2.44. The van der Waals surface area contributed by atoms with E-state index in [2.05, 4.69) is 0 Å². The van der Waals surface area contributed by atoms with Crippen LogP contribution in [0.3, 0.4) is 0 Å². The van der Waals surface area contributed by atoms with E-state index in [4.69, 9.17) is 9.47 Å². The van der Waals surface area contributed by atoms with Gasteiger partial charge in [0.2, 0.25) is 0 Å². The highest BCUT2D eigenvalue weighted by molar-refractivity contribution is 5.65. The molecular formula is C24H22O9. The predicted molar refractivity (Wildman–Crippen MR) is 114 cm³/mol. The van der Waals surface area contributed by atoms with Gasteiger partial charge in [-0.25, -0.2) is 0 Å². The zero-order valence-corrected chi connectivity index (χ0v) is 17.3. The van der Waals surface area contributed by atoms with Gasteiger partial charge in [-0.05, 0) is 30.5 Å². The number of aliphatic hydroxyl groups excluding tert-OH is 1. The highest BCUT2D eigenvalue weighted by atomic mass is 16.5. The van der Waals surface area contributed by atoms with Gasteiger partial charge in [-0.1, -0.05) is 6.07 Å². The minimum absolute atomic E-state index is 0.0531. The van der Waals surface area contributed by atoms with Crippen molar-refractivity contribution in [2.45, 2.75) is 31.0 Å². The summed E-state index contributed by atoms with van der Waals surface area (Å²) in [7, 11) is 0. The Labute approximate surface area is 188 Å². The molecule has 0 radical (unpaired) electrons. The van der Waals surface area contributed by atoms with E-state index in [1.807, 2.05) is 0 Å². The molecule has 3 aromatic carbocycles. The van der Waals surface area contributed by atoms with Crippen LogP contribution in [0.1, 0.15) is 40.7 Å². The molecule has 0 fully saturated rings. The summed E-state index contributed by atoms with van der Waals surface area (Å²) in [6.07, 6.45) is -1.35. The number of phenols is 6. The van der Waals surface area contributed by atoms with Gasteiger partial charge in [-0.2, -0.15) is 0 Å². The van der Waals surface area contributed by atoms with E-state index in [1.54, 1.807) is 0 Å². The van der Waals surface area contributed by atoms with E-state index in [9.17, 15) is 35.7 Å². The van der Waals surface area contributed by atoms with Crippen molar-refractivity contribution in [2.75, 3.05) is 6.61 Å². The fraction of sp³-hybridized carbons (Fsp3) is 0.250. The van der Waals surface area contributed by atoms with Crippen molar-refractivity contribution in [2.24, 2.45) is 0 Å². The highest BCUT2D eigenvalue weighted by Crippen LogP contribution is 2.56. The second kappa shape index (κ2) is 7.56.